The lowest BCUT2D eigenvalue weighted by molar-refractivity contribution is 0.0662. The van der Waals surface area contributed by atoms with E-state index in [0.717, 1.165) is 38.2 Å². The summed E-state index contributed by atoms with van der Waals surface area (Å²) in [6.07, 6.45) is 4.96. The maximum absolute atomic E-state index is 5.72. The minimum Gasteiger partial charge on any atom is -0.381 e. The van der Waals surface area contributed by atoms with Crippen LogP contribution in [0, 0.1) is 5.92 Å². The molecule has 14 heavy (non-hydrogen) atoms. The SMILES string of the molecule is Clc1nccc(CC2CCOCC2)n1. The second-order valence-corrected chi connectivity index (χ2v) is 3.91. The van der Waals surface area contributed by atoms with Gasteiger partial charge in [-0.05, 0) is 42.8 Å². The molecule has 1 aromatic rings. The zero-order chi connectivity index (χ0) is 9.80. The first-order chi connectivity index (χ1) is 6.84. The van der Waals surface area contributed by atoms with Crippen LogP contribution in [-0.2, 0) is 11.2 Å². The van der Waals surface area contributed by atoms with Crippen LogP contribution >= 0.6 is 11.6 Å². The van der Waals surface area contributed by atoms with E-state index < -0.39 is 0 Å². The summed E-state index contributed by atoms with van der Waals surface area (Å²) in [5, 5.41) is 0.342. The van der Waals surface area contributed by atoms with E-state index in [9.17, 15) is 0 Å². The Morgan fingerprint density at radius 1 is 1.43 bits per heavy atom. The van der Waals surface area contributed by atoms with Crippen LogP contribution in [-0.4, -0.2) is 23.2 Å². The Hall–Kier alpha value is -0.670. The van der Waals surface area contributed by atoms with E-state index >= 15 is 0 Å². The molecular weight excluding hydrogens is 200 g/mol. The number of aromatic nitrogens is 2. The lowest BCUT2D eigenvalue weighted by atomic mass is 9.95. The fraction of sp³-hybridized carbons (Fsp3) is 0.600. The van der Waals surface area contributed by atoms with Crippen molar-refractivity contribution in [2.75, 3.05) is 13.2 Å². The Kier molecular flexibility index (Phi) is 3.32. The summed E-state index contributed by atoms with van der Waals surface area (Å²) >= 11 is 5.72. The van der Waals surface area contributed by atoms with Crippen LogP contribution in [0.2, 0.25) is 5.28 Å². The maximum atomic E-state index is 5.72. The molecule has 0 unspecified atom stereocenters. The summed E-state index contributed by atoms with van der Waals surface area (Å²) in [7, 11) is 0. The van der Waals surface area contributed by atoms with Gasteiger partial charge in [-0.25, -0.2) is 9.97 Å². The summed E-state index contributed by atoms with van der Waals surface area (Å²) < 4.78 is 5.30. The number of rotatable bonds is 2. The zero-order valence-electron chi connectivity index (χ0n) is 7.95. The van der Waals surface area contributed by atoms with Crippen LogP contribution in [0.4, 0.5) is 0 Å². The first kappa shape index (κ1) is 9.87. The third kappa shape index (κ3) is 2.66. The number of halogens is 1. The monoisotopic (exact) mass is 212 g/mol. The van der Waals surface area contributed by atoms with Gasteiger partial charge in [0.1, 0.15) is 0 Å². The van der Waals surface area contributed by atoms with Crippen LogP contribution in [0.5, 0.6) is 0 Å². The maximum Gasteiger partial charge on any atom is 0.222 e. The summed E-state index contributed by atoms with van der Waals surface area (Å²) in [5.74, 6) is 0.690. The van der Waals surface area contributed by atoms with Gasteiger partial charge >= 0.3 is 0 Å². The third-order valence-corrected chi connectivity index (χ3v) is 2.70. The van der Waals surface area contributed by atoms with Gasteiger partial charge in [-0.1, -0.05) is 0 Å². The van der Waals surface area contributed by atoms with Crippen molar-refractivity contribution in [1.29, 1.82) is 0 Å². The van der Waals surface area contributed by atoms with E-state index in [0.29, 0.717) is 11.2 Å². The van der Waals surface area contributed by atoms with Crippen molar-refractivity contribution in [3.8, 4) is 0 Å². The fourth-order valence-corrected chi connectivity index (χ4v) is 1.89. The molecule has 1 aromatic heterocycles. The van der Waals surface area contributed by atoms with E-state index in [2.05, 4.69) is 9.97 Å². The van der Waals surface area contributed by atoms with Gasteiger partial charge in [-0.2, -0.15) is 0 Å². The van der Waals surface area contributed by atoms with Gasteiger partial charge in [-0.3, -0.25) is 0 Å². The molecule has 4 heteroatoms. The molecule has 1 aliphatic heterocycles. The second-order valence-electron chi connectivity index (χ2n) is 3.58. The molecule has 0 amide bonds. The highest BCUT2D eigenvalue weighted by atomic mass is 35.5. The third-order valence-electron chi connectivity index (χ3n) is 2.52. The Labute approximate surface area is 88.5 Å². The molecule has 0 spiro atoms. The highest BCUT2D eigenvalue weighted by Gasteiger charge is 2.14. The van der Waals surface area contributed by atoms with Crippen molar-refractivity contribution in [2.45, 2.75) is 19.3 Å². The molecule has 1 saturated heterocycles. The lowest BCUT2D eigenvalue weighted by Gasteiger charge is -2.21. The molecule has 0 bridgehead atoms. The number of hydrogen-bond donors (Lipinski definition) is 0. The standard InChI is InChI=1S/C10H13ClN2O/c11-10-12-4-1-9(13-10)7-8-2-5-14-6-3-8/h1,4,8H,2-3,5-7H2. The summed E-state index contributed by atoms with van der Waals surface area (Å²) in [4.78, 5) is 8.04. The highest BCUT2D eigenvalue weighted by molar-refractivity contribution is 6.28. The smallest absolute Gasteiger partial charge is 0.222 e. The van der Waals surface area contributed by atoms with Gasteiger partial charge in [0.25, 0.3) is 0 Å². The average molecular weight is 213 g/mol. The fourth-order valence-electron chi connectivity index (χ4n) is 1.73. The van der Waals surface area contributed by atoms with Crippen LogP contribution in [0.3, 0.4) is 0 Å². The van der Waals surface area contributed by atoms with Gasteiger partial charge < -0.3 is 4.74 Å². The number of nitrogens with zero attached hydrogens (tertiary/aromatic N) is 2. The van der Waals surface area contributed by atoms with E-state index in [4.69, 9.17) is 16.3 Å². The van der Waals surface area contributed by atoms with Crippen molar-refractivity contribution in [2.24, 2.45) is 5.92 Å². The van der Waals surface area contributed by atoms with Gasteiger partial charge in [0.15, 0.2) is 0 Å². The average Bonchev–Trinajstić information content (AvgIpc) is 2.19. The molecule has 0 aromatic carbocycles. The van der Waals surface area contributed by atoms with Crippen LogP contribution < -0.4 is 0 Å². The molecule has 76 valence electrons. The number of ether oxygens (including phenoxy) is 1. The molecule has 0 saturated carbocycles. The summed E-state index contributed by atoms with van der Waals surface area (Å²) in [6, 6.07) is 1.93. The Morgan fingerprint density at radius 3 is 2.93 bits per heavy atom. The van der Waals surface area contributed by atoms with Gasteiger partial charge in [0, 0.05) is 25.1 Å². The molecular formula is C10H13ClN2O. The van der Waals surface area contributed by atoms with E-state index in [1.807, 2.05) is 6.07 Å². The molecule has 0 atom stereocenters. The largest absolute Gasteiger partial charge is 0.381 e. The molecule has 1 aliphatic rings. The van der Waals surface area contributed by atoms with Crippen LogP contribution in [0.1, 0.15) is 18.5 Å². The summed E-state index contributed by atoms with van der Waals surface area (Å²) in [6.45, 7) is 1.76. The molecule has 2 heterocycles. The highest BCUT2D eigenvalue weighted by Crippen LogP contribution is 2.19. The lowest BCUT2D eigenvalue weighted by Crippen LogP contribution is -2.18. The molecule has 1 fully saturated rings. The molecule has 3 nitrogen and oxygen atoms in total. The Balaban J connectivity index is 1.95. The predicted octanol–water partition coefficient (Wildman–Crippen LogP) is 2.10. The second kappa shape index (κ2) is 4.71. The van der Waals surface area contributed by atoms with Crippen LogP contribution in [0.15, 0.2) is 12.3 Å². The minimum absolute atomic E-state index is 0.342. The Morgan fingerprint density at radius 2 is 2.21 bits per heavy atom. The quantitative estimate of drug-likeness (QED) is 0.705. The summed E-state index contributed by atoms with van der Waals surface area (Å²) in [5.41, 5.74) is 1.04. The first-order valence-electron chi connectivity index (χ1n) is 4.90. The van der Waals surface area contributed by atoms with E-state index in [1.54, 1.807) is 6.20 Å². The number of hydrogen-bond acceptors (Lipinski definition) is 3. The van der Waals surface area contributed by atoms with Crippen molar-refractivity contribution >= 4 is 11.6 Å². The minimum atomic E-state index is 0.342. The predicted molar refractivity (Wildman–Crippen MR) is 54.3 cm³/mol. The van der Waals surface area contributed by atoms with Crippen molar-refractivity contribution in [1.82, 2.24) is 9.97 Å². The van der Waals surface area contributed by atoms with Crippen LogP contribution in [0.25, 0.3) is 0 Å². The molecule has 0 radical (unpaired) electrons. The van der Waals surface area contributed by atoms with Gasteiger partial charge in [0.05, 0.1) is 0 Å². The normalized spacial score (nSPS) is 18.4. The molecule has 2 rings (SSSR count). The van der Waals surface area contributed by atoms with E-state index in [-0.39, 0.29) is 0 Å². The zero-order valence-corrected chi connectivity index (χ0v) is 8.70. The van der Waals surface area contributed by atoms with Gasteiger partial charge in [0.2, 0.25) is 5.28 Å². The van der Waals surface area contributed by atoms with E-state index in [1.165, 1.54) is 0 Å². The van der Waals surface area contributed by atoms with Crippen molar-refractivity contribution in [3.63, 3.8) is 0 Å². The van der Waals surface area contributed by atoms with Crippen molar-refractivity contribution < 1.29 is 4.74 Å². The topological polar surface area (TPSA) is 35.0 Å². The first-order valence-corrected chi connectivity index (χ1v) is 5.27. The molecule has 0 N–H and O–H groups in total. The van der Waals surface area contributed by atoms with Gasteiger partial charge in [-0.15, -0.1) is 0 Å². The Bertz CT molecular complexity index is 300. The van der Waals surface area contributed by atoms with Crippen molar-refractivity contribution in [3.05, 3.63) is 23.2 Å². The molecule has 0 aliphatic carbocycles.